The van der Waals surface area contributed by atoms with E-state index in [0.29, 0.717) is 0 Å². The molecule has 1 heterocycles. The van der Waals surface area contributed by atoms with Gasteiger partial charge in [0.15, 0.2) is 0 Å². The van der Waals surface area contributed by atoms with E-state index in [4.69, 9.17) is 0 Å². The van der Waals surface area contributed by atoms with Crippen LogP contribution in [0.15, 0.2) is 24.3 Å². The van der Waals surface area contributed by atoms with Crippen LogP contribution < -0.4 is 0 Å². The number of nitrogens with zero attached hydrogens (tertiary/aromatic N) is 2. The number of aryl methyl sites for hydroxylation is 2. The molecule has 2 rings (SSSR count). The van der Waals surface area contributed by atoms with E-state index in [2.05, 4.69) is 36.6 Å². The zero-order chi connectivity index (χ0) is 11.7. The fourth-order valence-corrected chi connectivity index (χ4v) is 2.44. The number of aromatic nitrogens is 1. The number of nitriles is 1. The van der Waals surface area contributed by atoms with Crippen molar-refractivity contribution < 1.29 is 0 Å². The minimum atomic E-state index is -0.00241. The molecule has 0 amide bonds. The normalized spacial score (nSPS) is 12.6. The highest BCUT2D eigenvalue weighted by Gasteiger charge is 2.18. The molecule has 0 bridgehead atoms. The van der Waals surface area contributed by atoms with Gasteiger partial charge in [-0.15, -0.1) is 0 Å². The van der Waals surface area contributed by atoms with Crippen LogP contribution in [0.25, 0.3) is 10.9 Å². The largest absolute Gasteiger partial charge is 0.346 e. The molecule has 0 aliphatic rings. The highest BCUT2D eigenvalue weighted by Crippen LogP contribution is 2.30. The summed E-state index contributed by atoms with van der Waals surface area (Å²) in [6.07, 6.45) is 0.863. The summed E-state index contributed by atoms with van der Waals surface area (Å²) in [5, 5.41) is 10.4. The van der Waals surface area contributed by atoms with Gasteiger partial charge in [0.1, 0.15) is 0 Å². The molecule has 1 aromatic heterocycles. The molecular formula is C14H16N2. The molecule has 16 heavy (non-hydrogen) atoms. The van der Waals surface area contributed by atoms with Gasteiger partial charge >= 0.3 is 0 Å². The van der Waals surface area contributed by atoms with Crippen molar-refractivity contribution in [2.24, 2.45) is 7.05 Å². The van der Waals surface area contributed by atoms with Crippen molar-refractivity contribution >= 4 is 10.9 Å². The maximum atomic E-state index is 9.19. The first kappa shape index (κ1) is 10.8. The molecular weight excluding hydrogens is 196 g/mol. The van der Waals surface area contributed by atoms with Crippen molar-refractivity contribution in [3.8, 4) is 6.07 Å². The van der Waals surface area contributed by atoms with Crippen LogP contribution in [0.4, 0.5) is 0 Å². The van der Waals surface area contributed by atoms with Gasteiger partial charge in [-0.05, 0) is 25.0 Å². The number of rotatable bonds is 2. The summed E-state index contributed by atoms with van der Waals surface area (Å²) in [4.78, 5) is 0. The van der Waals surface area contributed by atoms with Crippen molar-refractivity contribution in [1.29, 1.82) is 5.26 Å². The van der Waals surface area contributed by atoms with Crippen LogP contribution in [0.2, 0.25) is 0 Å². The van der Waals surface area contributed by atoms with Gasteiger partial charge in [0.25, 0.3) is 0 Å². The van der Waals surface area contributed by atoms with E-state index in [1.165, 1.54) is 16.5 Å². The Morgan fingerprint density at radius 1 is 1.38 bits per heavy atom. The quantitative estimate of drug-likeness (QED) is 0.749. The molecule has 0 saturated heterocycles. The fourth-order valence-electron chi connectivity index (χ4n) is 2.44. The lowest BCUT2D eigenvalue weighted by Gasteiger charge is -2.09. The molecule has 0 saturated carbocycles. The Balaban J connectivity index is 2.76. The summed E-state index contributed by atoms with van der Waals surface area (Å²) in [6, 6.07) is 10.7. The average Bonchev–Trinajstić information content (AvgIpc) is 2.57. The Kier molecular flexibility index (Phi) is 2.70. The van der Waals surface area contributed by atoms with Crippen molar-refractivity contribution in [3.05, 3.63) is 35.5 Å². The van der Waals surface area contributed by atoms with Gasteiger partial charge in [0, 0.05) is 23.6 Å². The van der Waals surface area contributed by atoms with Gasteiger partial charge < -0.3 is 4.57 Å². The topological polar surface area (TPSA) is 28.7 Å². The molecule has 1 unspecified atom stereocenters. The van der Waals surface area contributed by atoms with Crippen LogP contribution in [-0.2, 0) is 7.05 Å². The van der Waals surface area contributed by atoms with E-state index in [1.54, 1.807) is 0 Å². The summed E-state index contributed by atoms with van der Waals surface area (Å²) < 4.78 is 2.15. The second kappa shape index (κ2) is 4.02. The summed E-state index contributed by atoms with van der Waals surface area (Å²) >= 11 is 0. The third-order valence-corrected chi connectivity index (χ3v) is 3.31. The standard InChI is InChI=1S/C14H16N2/c1-4-11(9-15)14-10(2)12-7-5-6-8-13(12)16(14)3/h5-8,11H,4H2,1-3H3. The van der Waals surface area contributed by atoms with Crippen LogP contribution in [0.3, 0.4) is 0 Å². The number of benzene rings is 1. The summed E-state index contributed by atoms with van der Waals surface area (Å²) in [6.45, 7) is 4.17. The van der Waals surface area contributed by atoms with Crippen LogP contribution in [0, 0.1) is 18.3 Å². The molecule has 0 fully saturated rings. The lowest BCUT2D eigenvalue weighted by molar-refractivity contribution is 0.731. The monoisotopic (exact) mass is 212 g/mol. The van der Waals surface area contributed by atoms with E-state index in [0.717, 1.165) is 12.1 Å². The van der Waals surface area contributed by atoms with Gasteiger partial charge in [0.05, 0.1) is 12.0 Å². The second-order valence-corrected chi connectivity index (χ2v) is 4.18. The molecule has 2 heteroatoms. The molecule has 0 aliphatic carbocycles. The minimum Gasteiger partial charge on any atom is -0.346 e. The molecule has 2 nitrogen and oxygen atoms in total. The van der Waals surface area contributed by atoms with Gasteiger partial charge in [-0.2, -0.15) is 5.26 Å². The summed E-state index contributed by atoms with van der Waals surface area (Å²) in [5.41, 5.74) is 3.61. The molecule has 0 radical (unpaired) electrons. The van der Waals surface area contributed by atoms with Crippen molar-refractivity contribution in [1.82, 2.24) is 4.57 Å². The smallest absolute Gasteiger partial charge is 0.0865 e. The molecule has 82 valence electrons. The number of hydrogen-bond donors (Lipinski definition) is 0. The van der Waals surface area contributed by atoms with Crippen LogP contribution >= 0.6 is 0 Å². The van der Waals surface area contributed by atoms with E-state index in [9.17, 15) is 5.26 Å². The molecule has 1 atom stereocenters. The SMILES string of the molecule is CCC(C#N)c1c(C)c2ccccc2n1C. The predicted molar refractivity (Wildman–Crippen MR) is 66.3 cm³/mol. The van der Waals surface area contributed by atoms with Crippen molar-refractivity contribution in [3.63, 3.8) is 0 Å². The molecule has 1 aromatic carbocycles. The van der Waals surface area contributed by atoms with Crippen LogP contribution in [0.1, 0.15) is 30.5 Å². The molecule has 0 spiro atoms. The molecule has 0 N–H and O–H groups in total. The van der Waals surface area contributed by atoms with E-state index < -0.39 is 0 Å². The van der Waals surface area contributed by atoms with Crippen LogP contribution in [0.5, 0.6) is 0 Å². The fraction of sp³-hybridized carbons (Fsp3) is 0.357. The maximum Gasteiger partial charge on any atom is 0.0865 e. The first-order valence-electron chi connectivity index (χ1n) is 5.64. The number of hydrogen-bond acceptors (Lipinski definition) is 1. The highest BCUT2D eigenvalue weighted by atomic mass is 15.0. The Hall–Kier alpha value is -1.75. The predicted octanol–water partition coefficient (Wildman–Crippen LogP) is 3.50. The van der Waals surface area contributed by atoms with Crippen molar-refractivity contribution in [2.75, 3.05) is 0 Å². The Bertz CT molecular complexity index is 519. The zero-order valence-electron chi connectivity index (χ0n) is 9.99. The minimum absolute atomic E-state index is 0.00241. The van der Waals surface area contributed by atoms with Crippen molar-refractivity contribution in [2.45, 2.75) is 26.2 Å². The first-order chi connectivity index (χ1) is 7.70. The lowest BCUT2D eigenvalue weighted by Crippen LogP contribution is -2.03. The Labute approximate surface area is 96.1 Å². The third kappa shape index (κ3) is 1.40. The Morgan fingerprint density at radius 3 is 2.62 bits per heavy atom. The number of fused-ring (bicyclic) bond motifs is 1. The van der Waals surface area contributed by atoms with E-state index in [-0.39, 0.29) is 5.92 Å². The van der Waals surface area contributed by atoms with E-state index in [1.807, 2.05) is 19.2 Å². The zero-order valence-corrected chi connectivity index (χ0v) is 9.99. The Morgan fingerprint density at radius 2 is 2.06 bits per heavy atom. The van der Waals surface area contributed by atoms with Gasteiger partial charge in [-0.25, -0.2) is 0 Å². The van der Waals surface area contributed by atoms with Gasteiger partial charge in [-0.3, -0.25) is 0 Å². The average molecular weight is 212 g/mol. The third-order valence-electron chi connectivity index (χ3n) is 3.31. The summed E-state index contributed by atoms with van der Waals surface area (Å²) in [7, 11) is 2.05. The van der Waals surface area contributed by atoms with Gasteiger partial charge in [-0.1, -0.05) is 25.1 Å². The maximum absolute atomic E-state index is 9.19. The first-order valence-corrected chi connectivity index (χ1v) is 5.64. The number of para-hydroxylation sites is 1. The van der Waals surface area contributed by atoms with Crippen LogP contribution in [-0.4, -0.2) is 4.57 Å². The molecule has 2 aromatic rings. The lowest BCUT2D eigenvalue weighted by atomic mass is 10.00. The molecule has 0 aliphatic heterocycles. The van der Waals surface area contributed by atoms with Gasteiger partial charge in [0.2, 0.25) is 0 Å². The van der Waals surface area contributed by atoms with E-state index >= 15 is 0 Å². The highest BCUT2D eigenvalue weighted by molar-refractivity contribution is 5.85. The summed E-state index contributed by atoms with van der Waals surface area (Å²) in [5.74, 6) is -0.00241. The second-order valence-electron chi connectivity index (χ2n) is 4.18.